The highest BCUT2D eigenvalue weighted by atomic mass is 16.5. The van der Waals surface area contributed by atoms with Gasteiger partial charge in [0.1, 0.15) is 11.5 Å². The molecule has 0 fully saturated rings. The number of para-hydroxylation sites is 3. The molecule has 0 aliphatic carbocycles. The van der Waals surface area contributed by atoms with Crippen molar-refractivity contribution in [1.29, 1.82) is 0 Å². The number of ether oxygens (including phenoxy) is 1. The van der Waals surface area contributed by atoms with E-state index in [0.29, 0.717) is 0 Å². The maximum Gasteiger partial charge on any atom is 0.256 e. The van der Waals surface area contributed by atoms with E-state index in [4.69, 9.17) is 4.74 Å². The Morgan fingerprint density at radius 2 is 0.885 bits per heavy atom. The van der Waals surface area contributed by atoms with E-state index in [2.05, 4.69) is 247 Å². The molecule has 11 rings (SSSR count). The maximum absolute atomic E-state index is 7.33. The standard InChI is InChI=1S/C56H42BN3O/c1-39-23-27-45(28-24-39)59(46-29-25-40(2)26-30-46)48-32-35-51-54(38-48)61-56-49(41-15-7-3-8-16-41)33-36-52-55(56)57(51)50-34-31-47(37-53(50)60(52)44-21-13-6-14-22-44)58(42-17-9-4-10-18-42)43-19-11-5-12-20-43/h3-38H,1-2H3. The van der Waals surface area contributed by atoms with Crippen LogP contribution in [0.5, 0.6) is 11.5 Å². The van der Waals surface area contributed by atoms with Crippen LogP contribution in [0.15, 0.2) is 218 Å². The Kier molecular flexibility index (Phi) is 9.01. The Hall–Kier alpha value is -7.76. The molecule has 0 N–H and O–H groups in total. The third-order valence-electron chi connectivity index (χ3n) is 12.0. The molecule has 0 unspecified atom stereocenters. The molecule has 0 spiro atoms. The van der Waals surface area contributed by atoms with Gasteiger partial charge in [0.2, 0.25) is 0 Å². The lowest BCUT2D eigenvalue weighted by atomic mass is 9.34. The summed E-state index contributed by atoms with van der Waals surface area (Å²) in [5, 5.41) is 0. The van der Waals surface area contributed by atoms with E-state index < -0.39 is 0 Å². The number of benzene rings is 9. The van der Waals surface area contributed by atoms with Crippen LogP contribution in [0.3, 0.4) is 0 Å². The quantitative estimate of drug-likeness (QED) is 0.143. The molecular weight excluding hydrogens is 741 g/mol. The summed E-state index contributed by atoms with van der Waals surface area (Å²) < 4.78 is 7.33. The average Bonchev–Trinajstić information content (AvgIpc) is 3.31. The first-order valence-electron chi connectivity index (χ1n) is 21.0. The van der Waals surface area contributed by atoms with Crippen molar-refractivity contribution >= 4 is 74.3 Å². The van der Waals surface area contributed by atoms with E-state index in [1.165, 1.54) is 22.1 Å². The largest absolute Gasteiger partial charge is 0.458 e. The molecule has 0 atom stereocenters. The monoisotopic (exact) mass is 783 g/mol. The van der Waals surface area contributed by atoms with Gasteiger partial charge in [0.25, 0.3) is 6.71 Å². The molecule has 0 aromatic heterocycles. The fourth-order valence-electron chi connectivity index (χ4n) is 9.13. The molecule has 0 radical (unpaired) electrons. The van der Waals surface area contributed by atoms with Crippen LogP contribution in [0.2, 0.25) is 0 Å². The number of hydrogen-bond donors (Lipinski definition) is 0. The minimum atomic E-state index is -0.0930. The van der Waals surface area contributed by atoms with Crippen molar-refractivity contribution in [3.8, 4) is 22.6 Å². The first-order valence-corrected chi connectivity index (χ1v) is 21.0. The first kappa shape index (κ1) is 36.3. The number of fused-ring (bicyclic) bond motifs is 4. The van der Waals surface area contributed by atoms with E-state index in [-0.39, 0.29) is 6.71 Å². The molecule has 0 saturated carbocycles. The van der Waals surface area contributed by atoms with E-state index in [0.717, 1.165) is 79.3 Å². The number of rotatable bonds is 8. The van der Waals surface area contributed by atoms with Crippen molar-refractivity contribution in [3.05, 3.63) is 230 Å². The molecule has 0 amide bonds. The molecule has 9 aromatic carbocycles. The summed E-state index contributed by atoms with van der Waals surface area (Å²) in [7, 11) is 0. The number of aryl methyl sites for hydroxylation is 2. The van der Waals surface area contributed by atoms with Crippen LogP contribution < -0.4 is 35.8 Å². The average molecular weight is 784 g/mol. The Bertz CT molecular complexity index is 2930. The van der Waals surface area contributed by atoms with Gasteiger partial charge < -0.3 is 19.4 Å². The van der Waals surface area contributed by atoms with Crippen molar-refractivity contribution in [2.75, 3.05) is 14.7 Å². The van der Waals surface area contributed by atoms with Gasteiger partial charge in [-0.1, -0.05) is 132 Å². The van der Waals surface area contributed by atoms with Gasteiger partial charge in [0.15, 0.2) is 0 Å². The minimum absolute atomic E-state index is 0.0930. The zero-order chi connectivity index (χ0) is 40.9. The van der Waals surface area contributed by atoms with Gasteiger partial charge >= 0.3 is 0 Å². The van der Waals surface area contributed by atoms with Crippen molar-refractivity contribution in [2.24, 2.45) is 0 Å². The Balaban J connectivity index is 1.15. The van der Waals surface area contributed by atoms with E-state index in [1.807, 2.05) is 0 Å². The SMILES string of the molecule is Cc1ccc(N(c2ccc(C)cc2)c2ccc3c(c2)Oc2c(-c4ccccc4)ccc4c2B3c2ccc(N(c3ccccc3)c3ccccc3)cc2N4c2ccccc2)cc1. The second kappa shape index (κ2) is 15.1. The summed E-state index contributed by atoms with van der Waals surface area (Å²) in [5.41, 5.74) is 18.0. The Morgan fingerprint density at radius 1 is 0.410 bits per heavy atom. The summed E-state index contributed by atoms with van der Waals surface area (Å²) in [5.74, 6) is 1.74. The van der Waals surface area contributed by atoms with E-state index in [1.54, 1.807) is 0 Å². The second-order valence-corrected chi connectivity index (χ2v) is 15.9. The van der Waals surface area contributed by atoms with Crippen LogP contribution >= 0.6 is 0 Å². The lowest BCUT2D eigenvalue weighted by Crippen LogP contribution is -2.59. The lowest BCUT2D eigenvalue weighted by molar-refractivity contribution is 0.489. The van der Waals surface area contributed by atoms with Gasteiger partial charge in [0, 0.05) is 62.8 Å². The molecule has 0 bridgehead atoms. The van der Waals surface area contributed by atoms with Gasteiger partial charge in [-0.05, 0) is 127 Å². The van der Waals surface area contributed by atoms with Crippen molar-refractivity contribution in [2.45, 2.75) is 13.8 Å². The van der Waals surface area contributed by atoms with Crippen LogP contribution in [-0.4, -0.2) is 6.71 Å². The molecule has 4 nitrogen and oxygen atoms in total. The fourth-order valence-corrected chi connectivity index (χ4v) is 9.13. The van der Waals surface area contributed by atoms with Crippen LogP contribution in [0.25, 0.3) is 11.1 Å². The Morgan fingerprint density at radius 3 is 1.46 bits per heavy atom. The first-order chi connectivity index (χ1) is 30.1. The van der Waals surface area contributed by atoms with E-state index >= 15 is 0 Å². The summed E-state index contributed by atoms with van der Waals surface area (Å²) in [4.78, 5) is 7.10. The predicted octanol–water partition coefficient (Wildman–Crippen LogP) is 13.3. The molecule has 2 heterocycles. The van der Waals surface area contributed by atoms with Crippen LogP contribution in [0.4, 0.5) is 51.2 Å². The summed E-state index contributed by atoms with van der Waals surface area (Å²) in [6.07, 6.45) is 0. The Labute approximate surface area is 358 Å². The molecular formula is C56H42BN3O. The maximum atomic E-state index is 7.33. The third kappa shape index (κ3) is 6.43. The molecule has 5 heteroatoms. The van der Waals surface area contributed by atoms with Crippen LogP contribution in [0.1, 0.15) is 11.1 Å². The highest BCUT2D eigenvalue weighted by Crippen LogP contribution is 2.47. The van der Waals surface area contributed by atoms with Gasteiger partial charge in [-0.3, -0.25) is 0 Å². The zero-order valence-corrected chi connectivity index (χ0v) is 34.1. The molecule has 290 valence electrons. The predicted molar refractivity (Wildman–Crippen MR) is 257 cm³/mol. The smallest absolute Gasteiger partial charge is 0.256 e. The molecule has 61 heavy (non-hydrogen) atoms. The fraction of sp³-hybridized carbons (Fsp3) is 0.0357. The van der Waals surface area contributed by atoms with E-state index in [9.17, 15) is 0 Å². The number of anilines is 9. The lowest BCUT2D eigenvalue weighted by Gasteiger charge is -2.41. The second-order valence-electron chi connectivity index (χ2n) is 15.9. The van der Waals surface area contributed by atoms with Gasteiger partial charge in [0.05, 0.1) is 0 Å². The molecule has 2 aliphatic rings. The summed E-state index contributed by atoms with van der Waals surface area (Å²) in [6, 6.07) is 78.5. The normalized spacial score (nSPS) is 12.2. The minimum Gasteiger partial charge on any atom is -0.458 e. The highest BCUT2D eigenvalue weighted by Gasteiger charge is 2.43. The number of nitrogens with zero attached hydrogens (tertiary/aromatic N) is 3. The van der Waals surface area contributed by atoms with Crippen molar-refractivity contribution in [3.63, 3.8) is 0 Å². The highest BCUT2D eigenvalue weighted by molar-refractivity contribution is 6.99. The zero-order valence-electron chi connectivity index (χ0n) is 34.1. The van der Waals surface area contributed by atoms with Gasteiger partial charge in [-0.25, -0.2) is 0 Å². The van der Waals surface area contributed by atoms with Crippen molar-refractivity contribution < 1.29 is 4.74 Å². The van der Waals surface area contributed by atoms with Gasteiger partial charge in [-0.2, -0.15) is 0 Å². The summed E-state index contributed by atoms with van der Waals surface area (Å²) in [6.45, 7) is 4.17. The molecule has 2 aliphatic heterocycles. The van der Waals surface area contributed by atoms with Crippen molar-refractivity contribution in [1.82, 2.24) is 0 Å². The van der Waals surface area contributed by atoms with Crippen LogP contribution in [0, 0.1) is 13.8 Å². The third-order valence-corrected chi connectivity index (χ3v) is 12.0. The molecule has 0 saturated heterocycles. The van der Waals surface area contributed by atoms with Crippen LogP contribution in [-0.2, 0) is 0 Å². The topological polar surface area (TPSA) is 19.0 Å². The van der Waals surface area contributed by atoms with Gasteiger partial charge in [-0.15, -0.1) is 0 Å². The molecule has 9 aromatic rings. The summed E-state index contributed by atoms with van der Waals surface area (Å²) >= 11 is 0. The number of hydrogen-bond acceptors (Lipinski definition) is 4.